The van der Waals surface area contributed by atoms with E-state index < -0.39 is 0 Å². The van der Waals surface area contributed by atoms with Gasteiger partial charge in [-0.15, -0.1) is 0 Å². The summed E-state index contributed by atoms with van der Waals surface area (Å²) in [6.45, 7) is 0. The van der Waals surface area contributed by atoms with Crippen LogP contribution >= 0.6 is 23.2 Å². The Bertz CT molecular complexity index is 441. The van der Waals surface area contributed by atoms with Crippen LogP contribution in [0.3, 0.4) is 0 Å². The van der Waals surface area contributed by atoms with Crippen LogP contribution in [0.15, 0.2) is 42.5 Å². The third-order valence-corrected chi connectivity index (χ3v) is 2.76. The van der Waals surface area contributed by atoms with Crippen molar-refractivity contribution in [3.05, 3.63) is 58.6 Å². The Morgan fingerprint density at radius 3 is 2.43 bits per heavy atom. The van der Waals surface area contributed by atoms with Crippen LogP contribution in [-0.4, -0.2) is 0 Å². The van der Waals surface area contributed by atoms with Crippen molar-refractivity contribution >= 4 is 23.2 Å². The van der Waals surface area contributed by atoms with Crippen molar-refractivity contribution in [2.75, 3.05) is 0 Å². The van der Waals surface area contributed by atoms with E-state index in [1.165, 1.54) is 0 Å². The van der Waals surface area contributed by atoms with E-state index in [2.05, 4.69) is 6.07 Å². The molecule has 0 nitrogen and oxygen atoms in total. The van der Waals surface area contributed by atoms with Gasteiger partial charge < -0.3 is 0 Å². The molecule has 2 rings (SSSR count). The van der Waals surface area contributed by atoms with Crippen LogP contribution in [0.2, 0.25) is 10.0 Å². The fourth-order valence-corrected chi connectivity index (χ4v) is 1.69. The number of halogens is 2. The first-order valence-corrected chi connectivity index (χ1v) is 4.96. The van der Waals surface area contributed by atoms with Gasteiger partial charge in [0.1, 0.15) is 0 Å². The van der Waals surface area contributed by atoms with E-state index in [1.54, 1.807) is 6.07 Å². The molecule has 0 unspecified atom stereocenters. The smallest absolute Gasteiger partial charge is 0.0820 e. The molecule has 0 spiro atoms. The highest BCUT2D eigenvalue weighted by atomic mass is 35.5. The zero-order valence-electron chi connectivity index (χ0n) is 8.30. The monoisotopic (exact) mass is 222 g/mol. The van der Waals surface area contributed by atoms with Crippen LogP contribution in [0.1, 0.15) is 1.43 Å². The van der Waals surface area contributed by atoms with E-state index in [9.17, 15) is 0 Å². The number of hydrogen-bond acceptors (Lipinski definition) is 0. The van der Waals surface area contributed by atoms with E-state index >= 15 is 0 Å². The molecule has 0 fully saturated rings. The first kappa shape index (κ1) is 9.57. The number of rotatable bonds is 1. The van der Waals surface area contributed by atoms with Gasteiger partial charge in [0.05, 0.1) is 10.0 Å². The maximum atomic E-state index is 6.06. The summed E-state index contributed by atoms with van der Waals surface area (Å²) >= 11 is 11.9. The lowest BCUT2D eigenvalue weighted by Gasteiger charge is -2.04. The summed E-state index contributed by atoms with van der Waals surface area (Å²) < 4.78 is 0. The standard InChI is InChI=1S/C12H7Cl2/c13-11-8-4-7-10(12(11)14)9-5-2-1-3-6-9/h1-7H/p+1. The van der Waals surface area contributed by atoms with Crippen LogP contribution in [-0.2, 0) is 0 Å². The SMILES string of the molecule is Clc1[c]ccc(-c2ccccc2)c1Cl.[H+]. The van der Waals surface area contributed by atoms with Gasteiger partial charge in [-0.2, -0.15) is 0 Å². The highest BCUT2D eigenvalue weighted by Gasteiger charge is 2.05. The van der Waals surface area contributed by atoms with Gasteiger partial charge in [-0.1, -0.05) is 65.7 Å². The minimum atomic E-state index is 0. The maximum absolute atomic E-state index is 6.06. The van der Waals surface area contributed by atoms with E-state index in [1.807, 2.05) is 36.4 Å². The summed E-state index contributed by atoms with van der Waals surface area (Å²) in [6.07, 6.45) is 0. The summed E-state index contributed by atoms with van der Waals surface area (Å²) in [5.41, 5.74) is 2.00. The van der Waals surface area contributed by atoms with Gasteiger partial charge in [-0.25, -0.2) is 0 Å². The van der Waals surface area contributed by atoms with E-state index in [-0.39, 0.29) is 1.43 Å². The van der Waals surface area contributed by atoms with Crippen LogP contribution in [0, 0.1) is 6.07 Å². The minimum absolute atomic E-state index is 0. The molecule has 0 N–H and O–H groups in total. The van der Waals surface area contributed by atoms with E-state index in [4.69, 9.17) is 23.2 Å². The Morgan fingerprint density at radius 1 is 1.00 bits per heavy atom. The van der Waals surface area contributed by atoms with Crippen molar-refractivity contribution < 1.29 is 1.43 Å². The number of benzene rings is 2. The summed E-state index contributed by atoms with van der Waals surface area (Å²) in [5.74, 6) is 0. The second-order valence-electron chi connectivity index (χ2n) is 2.89. The molecule has 0 saturated carbocycles. The molecule has 2 heteroatoms. The van der Waals surface area contributed by atoms with Crippen LogP contribution in [0.25, 0.3) is 11.1 Å². The third kappa shape index (κ3) is 1.77. The quantitative estimate of drug-likeness (QED) is 0.664. The lowest BCUT2D eigenvalue weighted by molar-refractivity contribution is 1.61. The molecule has 0 saturated heterocycles. The summed E-state index contributed by atoms with van der Waals surface area (Å²) in [7, 11) is 0. The Balaban J connectivity index is 0.00000112. The Morgan fingerprint density at radius 2 is 1.71 bits per heavy atom. The van der Waals surface area contributed by atoms with Gasteiger partial charge >= 0.3 is 1.43 Å². The van der Waals surface area contributed by atoms with Gasteiger partial charge in [0.2, 0.25) is 0 Å². The molecular formula is C12H8Cl2+. The van der Waals surface area contributed by atoms with Crippen LogP contribution < -0.4 is 0 Å². The van der Waals surface area contributed by atoms with Crippen molar-refractivity contribution in [3.63, 3.8) is 0 Å². The molecule has 0 amide bonds. The average molecular weight is 223 g/mol. The van der Waals surface area contributed by atoms with Crippen molar-refractivity contribution in [2.24, 2.45) is 0 Å². The van der Waals surface area contributed by atoms with Crippen LogP contribution in [0.4, 0.5) is 0 Å². The summed E-state index contributed by atoms with van der Waals surface area (Å²) in [4.78, 5) is 0. The number of hydrogen-bond donors (Lipinski definition) is 0. The molecule has 69 valence electrons. The molecule has 0 atom stereocenters. The molecule has 0 aliphatic heterocycles. The van der Waals surface area contributed by atoms with E-state index in [0.29, 0.717) is 10.0 Å². The molecule has 2 aromatic carbocycles. The minimum Gasteiger partial charge on any atom is -0.0820 e. The fraction of sp³-hybridized carbons (Fsp3) is 0. The molecule has 0 aliphatic carbocycles. The molecule has 14 heavy (non-hydrogen) atoms. The first-order chi connectivity index (χ1) is 6.79. The Labute approximate surface area is 94.6 Å². The topological polar surface area (TPSA) is 0 Å². The molecule has 0 aliphatic rings. The van der Waals surface area contributed by atoms with Gasteiger partial charge in [0, 0.05) is 11.6 Å². The first-order valence-electron chi connectivity index (χ1n) is 4.20. The van der Waals surface area contributed by atoms with Gasteiger partial charge in [-0.3, -0.25) is 0 Å². The molecule has 0 bridgehead atoms. The molecule has 0 aromatic heterocycles. The lowest BCUT2D eigenvalue weighted by atomic mass is 10.1. The molecule has 2 aromatic rings. The second-order valence-corrected chi connectivity index (χ2v) is 3.64. The van der Waals surface area contributed by atoms with Gasteiger partial charge in [-0.05, 0) is 5.56 Å². The zero-order valence-corrected chi connectivity index (χ0v) is 8.81. The molecule has 1 radical (unpaired) electrons. The maximum Gasteiger partial charge on any atom is 1.00 e. The fourth-order valence-electron chi connectivity index (χ4n) is 1.29. The highest BCUT2D eigenvalue weighted by molar-refractivity contribution is 6.43. The largest absolute Gasteiger partial charge is 1.00 e. The molecular weight excluding hydrogens is 215 g/mol. The normalized spacial score (nSPS) is 10.1. The Kier molecular flexibility index (Phi) is 2.76. The average Bonchev–Trinajstić information content (AvgIpc) is 2.23. The van der Waals surface area contributed by atoms with E-state index in [0.717, 1.165) is 11.1 Å². The van der Waals surface area contributed by atoms with Gasteiger partial charge in [0.25, 0.3) is 0 Å². The lowest BCUT2D eigenvalue weighted by Crippen LogP contribution is -1.79. The zero-order chi connectivity index (χ0) is 9.97. The molecule has 0 heterocycles. The van der Waals surface area contributed by atoms with Crippen molar-refractivity contribution in [3.8, 4) is 11.1 Å². The predicted octanol–water partition coefficient (Wildman–Crippen LogP) is 4.57. The summed E-state index contributed by atoms with van der Waals surface area (Å²) in [5, 5.41) is 1.02. The van der Waals surface area contributed by atoms with Crippen LogP contribution in [0.5, 0.6) is 0 Å². The van der Waals surface area contributed by atoms with Crippen molar-refractivity contribution in [1.82, 2.24) is 0 Å². The van der Waals surface area contributed by atoms with Crippen molar-refractivity contribution in [2.45, 2.75) is 0 Å². The second kappa shape index (κ2) is 4.04. The highest BCUT2D eigenvalue weighted by Crippen LogP contribution is 2.32. The van der Waals surface area contributed by atoms with Gasteiger partial charge in [0.15, 0.2) is 0 Å². The van der Waals surface area contributed by atoms with Crippen molar-refractivity contribution in [1.29, 1.82) is 0 Å². The predicted molar refractivity (Wildman–Crippen MR) is 61.8 cm³/mol. The summed E-state index contributed by atoms with van der Waals surface area (Å²) in [6, 6.07) is 16.4. The Hall–Kier alpha value is -0.980. The third-order valence-electron chi connectivity index (χ3n) is 1.97.